The number of hydrogen-bond acceptors (Lipinski definition) is 3. The second kappa shape index (κ2) is 8.81. The van der Waals surface area contributed by atoms with Crippen molar-refractivity contribution in [1.82, 2.24) is 4.90 Å². The van der Waals surface area contributed by atoms with Crippen LogP contribution >= 0.6 is 11.8 Å². The predicted octanol–water partition coefficient (Wildman–Crippen LogP) is 2.50. The van der Waals surface area contributed by atoms with Crippen LogP contribution in [0.4, 0.5) is 0 Å². The standard InChI is InChI=1S/C14H28N2OS/c1-12(7-9-15)5-6-14(17)16-10-3-4-13(18-2)8-11-16/h12-13H,3-11,15H2,1-2H3. The monoisotopic (exact) mass is 272 g/mol. The van der Waals surface area contributed by atoms with Crippen molar-refractivity contribution in [3.8, 4) is 0 Å². The Morgan fingerprint density at radius 3 is 2.83 bits per heavy atom. The molecule has 4 heteroatoms. The first kappa shape index (κ1) is 15.8. The topological polar surface area (TPSA) is 46.3 Å². The highest BCUT2D eigenvalue weighted by atomic mass is 32.2. The summed E-state index contributed by atoms with van der Waals surface area (Å²) in [5.41, 5.74) is 5.53. The van der Waals surface area contributed by atoms with Gasteiger partial charge in [-0.2, -0.15) is 11.8 Å². The van der Waals surface area contributed by atoms with Gasteiger partial charge in [-0.1, -0.05) is 6.92 Å². The SMILES string of the molecule is CSC1CCCN(C(=O)CCC(C)CCN)CC1. The van der Waals surface area contributed by atoms with Crippen LogP contribution in [0, 0.1) is 5.92 Å². The smallest absolute Gasteiger partial charge is 0.222 e. The van der Waals surface area contributed by atoms with Gasteiger partial charge >= 0.3 is 0 Å². The molecule has 18 heavy (non-hydrogen) atoms. The van der Waals surface area contributed by atoms with E-state index in [4.69, 9.17) is 5.73 Å². The van der Waals surface area contributed by atoms with E-state index in [9.17, 15) is 4.79 Å². The van der Waals surface area contributed by atoms with Gasteiger partial charge in [0.05, 0.1) is 0 Å². The third kappa shape index (κ3) is 5.61. The van der Waals surface area contributed by atoms with Gasteiger partial charge in [-0.15, -0.1) is 0 Å². The average Bonchev–Trinajstić information content (AvgIpc) is 2.61. The minimum atomic E-state index is 0.348. The number of carbonyl (C=O) groups is 1. The average molecular weight is 272 g/mol. The van der Waals surface area contributed by atoms with Gasteiger partial charge in [-0.25, -0.2) is 0 Å². The van der Waals surface area contributed by atoms with E-state index in [1.165, 1.54) is 6.42 Å². The summed E-state index contributed by atoms with van der Waals surface area (Å²) in [6.45, 7) is 4.83. The van der Waals surface area contributed by atoms with Gasteiger partial charge in [-0.05, 0) is 50.8 Å². The number of nitrogens with zero attached hydrogens (tertiary/aromatic N) is 1. The van der Waals surface area contributed by atoms with Crippen LogP contribution in [0.25, 0.3) is 0 Å². The molecule has 1 amide bonds. The summed E-state index contributed by atoms with van der Waals surface area (Å²) in [5.74, 6) is 0.922. The highest BCUT2D eigenvalue weighted by Gasteiger charge is 2.20. The minimum Gasteiger partial charge on any atom is -0.343 e. The van der Waals surface area contributed by atoms with Crippen LogP contribution in [-0.2, 0) is 4.79 Å². The van der Waals surface area contributed by atoms with Crippen molar-refractivity contribution in [1.29, 1.82) is 0 Å². The Balaban J connectivity index is 2.28. The van der Waals surface area contributed by atoms with Crippen molar-refractivity contribution in [3.63, 3.8) is 0 Å². The van der Waals surface area contributed by atoms with Crippen molar-refractivity contribution < 1.29 is 4.79 Å². The summed E-state index contributed by atoms with van der Waals surface area (Å²) in [4.78, 5) is 14.2. The molecular formula is C14H28N2OS. The lowest BCUT2D eigenvalue weighted by molar-refractivity contribution is -0.131. The third-order valence-electron chi connectivity index (χ3n) is 3.87. The van der Waals surface area contributed by atoms with Gasteiger partial charge in [0.15, 0.2) is 0 Å². The molecule has 1 aliphatic heterocycles. The summed E-state index contributed by atoms with van der Waals surface area (Å²) in [6.07, 6.45) is 8.47. The Morgan fingerprint density at radius 2 is 2.17 bits per heavy atom. The molecule has 0 bridgehead atoms. The van der Waals surface area contributed by atoms with Crippen LogP contribution in [0.3, 0.4) is 0 Å². The van der Waals surface area contributed by atoms with E-state index in [1.807, 2.05) is 11.8 Å². The predicted molar refractivity (Wildman–Crippen MR) is 79.8 cm³/mol. The molecule has 0 aromatic heterocycles. The summed E-state index contributed by atoms with van der Waals surface area (Å²) in [7, 11) is 0. The molecular weight excluding hydrogens is 244 g/mol. The van der Waals surface area contributed by atoms with Gasteiger partial charge in [0, 0.05) is 24.8 Å². The second-order valence-corrected chi connectivity index (χ2v) is 6.53. The van der Waals surface area contributed by atoms with E-state index in [-0.39, 0.29) is 0 Å². The van der Waals surface area contributed by atoms with Gasteiger partial charge in [0.25, 0.3) is 0 Å². The van der Waals surface area contributed by atoms with Crippen molar-refractivity contribution in [2.75, 3.05) is 25.9 Å². The van der Waals surface area contributed by atoms with E-state index in [0.29, 0.717) is 18.2 Å². The molecule has 0 aliphatic carbocycles. The van der Waals surface area contributed by atoms with Crippen molar-refractivity contribution >= 4 is 17.7 Å². The van der Waals surface area contributed by atoms with Crippen LogP contribution in [0.15, 0.2) is 0 Å². The van der Waals surface area contributed by atoms with Gasteiger partial charge < -0.3 is 10.6 Å². The zero-order valence-electron chi connectivity index (χ0n) is 11.9. The van der Waals surface area contributed by atoms with Crippen molar-refractivity contribution in [3.05, 3.63) is 0 Å². The molecule has 0 spiro atoms. The molecule has 0 radical (unpaired) electrons. The third-order valence-corrected chi connectivity index (χ3v) is 5.01. The summed E-state index contributed by atoms with van der Waals surface area (Å²) >= 11 is 1.95. The first-order valence-corrected chi connectivity index (χ1v) is 8.46. The number of hydrogen-bond donors (Lipinski definition) is 1. The Kier molecular flexibility index (Phi) is 7.75. The van der Waals surface area contributed by atoms with Crippen molar-refractivity contribution in [2.24, 2.45) is 11.7 Å². The fourth-order valence-electron chi connectivity index (χ4n) is 2.51. The summed E-state index contributed by atoms with van der Waals surface area (Å²) in [6, 6.07) is 0. The second-order valence-electron chi connectivity index (χ2n) is 5.39. The molecule has 106 valence electrons. The normalized spacial score (nSPS) is 22.6. The molecule has 0 aromatic carbocycles. The molecule has 1 rings (SSSR count). The molecule has 2 atom stereocenters. The van der Waals surface area contributed by atoms with Crippen LogP contribution in [0.1, 0.15) is 45.4 Å². The lowest BCUT2D eigenvalue weighted by atomic mass is 10.0. The van der Waals surface area contributed by atoms with Gasteiger partial charge in [-0.3, -0.25) is 4.79 Å². The lowest BCUT2D eigenvalue weighted by Gasteiger charge is -2.21. The van der Waals surface area contributed by atoms with Crippen LogP contribution < -0.4 is 5.73 Å². The number of thioether (sulfide) groups is 1. The first-order valence-electron chi connectivity index (χ1n) is 7.18. The Hall–Kier alpha value is -0.220. The molecule has 3 nitrogen and oxygen atoms in total. The van der Waals surface area contributed by atoms with Crippen LogP contribution in [0.5, 0.6) is 0 Å². The van der Waals surface area contributed by atoms with E-state index in [0.717, 1.165) is 50.6 Å². The maximum absolute atomic E-state index is 12.1. The zero-order chi connectivity index (χ0) is 13.4. The highest BCUT2D eigenvalue weighted by Crippen LogP contribution is 2.22. The molecule has 1 saturated heterocycles. The fraction of sp³-hybridized carbons (Fsp3) is 0.929. The van der Waals surface area contributed by atoms with Crippen LogP contribution in [-0.4, -0.2) is 41.9 Å². The number of rotatable bonds is 6. The molecule has 2 N–H and O–H groups in total. The molecule has 1 heterocycles. The maximum atomic E-state index is 12.1. The summed E-state index contributed by atoms with van der Waals surface area (Å²) < 4.78 is 0. The number of amides is 1. The van der Waals surface area contributed by atoms with Gasteiger partial charge in [0.2, 0.25) is 5.91 Å². The lowest BCUT2D eigenvalue weighted by Crippen LogP contribution is -2.32. The number of carbonyl (C=O) groups excluding carboxylic acids is 1. The Morgan fingerprint density at radius 1 is 1.39 bits per heavy atom. The summed E-state index contributed by atoms with van der Waals surface area (Å²) in [5, 5.41) is 0.749. The fourth-order valence-corrected chi connectivity index (χ4v) is 3.25. The molecule has 1 aliphatic rings. The van der Waals surface area contributed by atoms with E-state index >= 15 is 0 Å². The quantitative estimate of drug-likeness (QED) is 0.808. The Labute approximate surface area is 116 Å². The minimum absolute atomic E-state index is 0.348. The molecule has 2 unspecified atom stereocenters. The van der Waals surface area contributed by atoms with E-state index < -0.39 is 0 Å². The maximum Gasteiger partial charge on any atom is 0.222 e. The Bertz CT molecular complexity index is 248. The molecule has 0 saturated carbocycles. The number of nitrogens with two attached hydrogens (primary N) is 1. The molecule has 0 aromatic rings. The number of likely N-dealkylation sites (tertiary alicyclic amines) is 1. The van der Waals surface area contributed by atoms with Crippen molar-refractivity contribution in [2.45, 2.75) is 50.7 Å². The molecule has 1 fully saturated rings. The zero-order valence-corrected chi connectivity index (χ0v) is 12.7. The first-order chi connectivity index (χ1) is 8.67. The largest absolute Gasteiger partial charge is 0.343 e. The van der Waals surface area contributed by atoms with E-state index in [2.05, 4.69) is 18.1 Å². The van der Waals surface area contributed by atoms with E-state index in [1.54, 1.807) is 0 Å². The highest BCUT2D eigenvalue weighted by molar-refractivity contribution is 7.99. The van der Waals surface area contributed by atoms with Crippen LogP contribution in [0.2, 0.25) is 0 Å². The van der Waals surface area contributed by atoms with Gasteiger partial charge in [0.1, 0.15) is 0 Å².